The molecule has 0 saturated heterocycles. The van der Waals surface area contributed by atoms with Gasteiger partial charge in [-0.05, 0) is 36.6 Å². The number of fused-ring (bicyclic) bond motifs is 1. The van der Waals surface area contributed by atoms with Crippen LogP contribution in [0.25, 0.3) is 10.9 Å². The van der Waals surface area contributed by atoms with Gasteiger partial charge in [-0.2, -0.15) is 0 Å². The fourth-order valence-electron chi connectivity index (χ4n) is 3.51. The quantitative estimate of drug-likeness (QED) is 0.414. The third-order valence-corrected chi connectivity index (χ3v) is 5.20. The Balaban J connectivity index is 1.56. The number of amides is 1. The summed E-state index contributed by atoms with van der Waals surface area (Å²) in [4.78, 5) is 15.3. The van der Waals surface area contributed by atoms with E-state index in [1.165, 1.54) is 62.3 Å². The van der Waals surface area contributed by atoms with E-state index in [0.717, 1.165) is 24.1 Å². The van der Waals surface area contributed by atoms with Crippen LogP contribution in [0.2, 0.25) is 0 Å². The summed E-state index contributed by atoms with van der Waals surface area (Å²) < 4.78 is 5.30. The van der Waals surface area contributed by atoms with Gasteiger partial charge in [0.05, 0.1) is 7.11 Å². The van der Waals surface area contributed by atoms with Crippen molar-refractivity contribution in [2.24, 2.45) is 0 Å². The molecule has 0 fully saturated rings. The summed E-state index contributed by atoms with van der Waals surface area (Å²) >= 11 is 0. The van der Waals surface area contributed by atoms with Crippen LogP contribution in [0.1, 0.15) is 76.7 Å². The number of H-pyrrole nitrogens is 1. The van der Waals surface area contributed by atoms with Crippen LogP contribution >= 0.6 is 0 Å². The largest absolute Gasteiger partial charge is 0.497 e. The summed E-state index contributed by atoms with van der Waals surface area (Å²) in [7, 11) is 1.68. The van der Waals surface area contributed by atoms with Gasteiger partial charge in [0.1, 0.15) is 5.75 Å². The number of benzene rings is 1. The molecule has 2 aromatic rings. The van der Waals surface area contributed by atoms with Crippen molar-refractivity contribution in [3.8, 4) is 5.75 Å². The maximum atomic E-state index is 12.0. The molecule has 0 aliphatic heterocycles. The number of carbonyl (C=O) groups is 1. The minimum Gasteiger partial charge on any atom is -0.497 e. The van der Waals surface area contributed by atoms with Crippen molar-refractivity contribution < 1.29 is 9.53 Å². The van der Waals surface area contributed by atoms with Crippen molar-refractivity contribution in [1.29, 1.82) is 0 Å². The molecular formula is C23H36N2O2. The lowest BCUT2D eigenvalue weighted by Crippen LogP contribution is -2.25. The Morgan fingerprint density at radius 3 is 2.44 bits per heavy atom. The zero-order valence-corrected chi connectivity index (χ0v) is 17.1. The highest BCUT2D eigenvalue weighted by molar-refractivity contribution is 5.84. The van der Waals surface area contributed by atoms with Crippen molar-refractivity contribution in [2.45, 2.75) is 77.6 Å². The van der Waals surface area contributed by atoms with Crippen molar-refractivity contribution in [3.63, 3.8) is 0 Å². The lowest BCUT2D eigenvalue weighted by atomic mass is 10.1. The zero-order valence-electron chi connectivity index (χ0n) is 17.1. The van der Waals surface area contributed by atoms with Crippen molar-refractivity contribution in [3.05, 3.63) is 30.0 Å². The second-order valence-electron chi connectivity index (χ2n) is 7.40. The molecule has 27 heavy (non-hydrogen) atoms. The summed E-state index contributed by atoms with van der Waals surface area (Å²) in [5.74, 6) is 1.04. The predicted molar refractivity (Wildman–Crippen MR) is 113 cm³/mol. The fourth-order valence-corrected chi connectivity index (χ4v) is 3.51. The number of unbranched alkanes of at least 4 members (excludes halogenated alkanes) is 8. The SMILES string of the molecule is CCCCCCCCCCCC(=O)NCCc1c[nH]c2ccc(OC)cc12. The van der Waals surface area contributed by atoms with Crippen LogP contribution in [-0.2, 0) is 11.2 Å². The molecular weight excluding hydrogens is 336 g/mol. The third-order valence-electron chi connectivity index (χ3n) is 5.20. The van der Waals surface area contributed by atoms with E-state index in [1.54, 1.807) is 7.11 Å². The van der Waals surface area contributed by atoms with Gasteiger partial charge < -0.3 is 15.0 Å². The van der Waals surface area contributed by atoms with E-state index in [4.69, 9.17) is 4.74 Å². The van der Waals surface area contributed by atoms with Gasteiger partial charge in [0.25, 0.3) is 0 Å². The van der Waals surface area contributed by atoms with E-state index in [0.29, 0.717) is 13.0 Å². The molecule has 1 aromatic heterocycles. The molecule has 1 aromatic carbocycles. The lowest BCUT2D eigenvalue weighted by molar-refractivity contribution is -0.121. The molecule has 0 unspecified atom stereocenters. The van der Waals surface area contributed by atoms with Crippen LogP contribution in [0.5, 0.6) is 5.75 Å². The number of aromatic nitrogens is 1. The van der Waals surface area contributed by atoms with E-state index in [9.17, 15) is 4.79 Å². The van der Waals surface area contributed by atoms with Gasteiger partial charge in [0.2, 0.25) is 5.91 Å². The Morgan fingerprint density at radius 2 is 1.74 bits per heavy atom. The highest BCUT2D eigenvalue weighted by Crippen LogP contribution is 2.23. The van der Waals surface area contributed by atoms with E-state index >= 15 is 0 Å². The van der Waals surface area contributed by atoms with E-state index in [-0.39, 0.29) is 5.91 Å². The second-order valence-corrected chi connectivity index (χ2v) is 7.40. The minimum absolute atomic E-state index is 0.176. The molecule has 4 heteroatoms. The van der Waals surface area contributed by atoms with Crippen LogP contribution in [-0.4, -0.2) is 24.5 Å². The molecule has 2 N–H and O–H groups in total. The van der Waals surface area contributed by atoms with Gasteiger partial charge in [-0.3, -0.25) is 4.79 Å². The molecule has 150 valence electrons. The average Bonchev–Trinajstić information content (AvgIpc) is 3.09. The minimum atomic E-state index is 0.176. The number of aromatic amines is 1. The topological polar surface area (TPSA) is 54.1 Å². The number of ether oxygens (including phenoxy) is 1. The molecule has 0 spiro atoms. The Hall–Kier alpha value is -1.97. The Morgan fingerprint density at radius 1 is 1.04 bits per heavy atom. The molecule has 0 aliphatic carbocycles. The third kappa shape index (κ3) is 7.66. The Bertz CT molecular complexity index is 678. The Labute approximate surface area is 164 Å². The standard InChI is InChI=1S/C23H36N2O2/c1-3-4-5-6-7-8-9-10-11-12-23(26)24-16-15-19-18-25-22-14-13-20(27-2)17-21(19)22/h13-14,17-18,25H,3-12,15-16H2,1-2H3,(H,24,26). The molecule has 1 heterocycles. The highest BCUT2D eigenvalue weighted by Gasteiger charge is 2.06. The first-order valence-electron chi connectivity index (χ1n) is 10.6. The van der Waals surface area contributed by atoms with Gasteiger partial charge in [0.15, 0.2) is 0 Å². The van der Waals surface area contributed by atoms with Crippen molar-refractivity contribution in [2.75, 3.05) is 13.7 Å². The number of methoxy groups -OCH3 is 1. The summed E-state index contributed by atoms with van der Waals surface area (Å²) in [6, 6.07) is 6.03. The number of rotatable bonds is 14. The summed E-state index contributed by atoms with van der Waals surface area (Å²) in [6.45, 7) is 2.93. The maximum absolute atomic E-state index is 12.0. The maximum Gasteiger partial charge on any atom is 0.220 e. The van der Waals surface area contributed by atoms with Crippen molar-refractivity contribution >= 4 is 16.8 Å². The van der Waals surface area contributed by atoms with Crippen LogP contribution in [0.4, 0.5) is 0 Å². The molecule has 2 rings (SSSR count). The zero-order chi connectivity index (χ0) is 19.3. The number of carbonyl (C=O) groups excluding carboxylic acids is 1. The molecule has 4 nitrogen and oxygen atoms in total. The first kappa shape index (κ1) is 21.3. The predicted octanol–water partition coefficient (Wildman–Crippen LogP) is 5.76. The van der Waals surface area contributed by atoms with E-state index in [2.05, 4.69) is 17.2 Å². The lowest BCUT2D eigenvalue weighted by Gasteiger charge is -2.06. The first-order chi connectivity index (χ1) is 13.2. The van der Waals surface area contributed by atoms with Gasteiger partial charge >= 0.3 is 0 Å². The van der Waals surface area contributed by atoms with Gasteiger partial charge in [-0.25, -0.2) is 0 Å². The Kier molecular flexibility index (Phi) is 9.81. The summed E-state index contributed by atoms with van der Waals surface area (Å²) in [5, 5.41) is 4.22. The highest BCUT2D eigenvalue weighted by atomic mass is 16.5. The molecule has 0 saturated carbocycles. The molecule has 0 atom stereocenters. The number of hydrogen-bond donors (Lipinski definition) is 2. The van der Waals surface area contributed by atoms with Gasteiger partial charge in [0, 0.05) is 30.1 Å². The van der Waals surface area contributed by atoms with Crippen LogP contribution < -0.4 is 10.1 Å². The van der Waals surface area contributed by atoms with Gasteiger partial charge in [-0.1, -0.05) is 58.3 Å². The normalized spacial score (nSPS) is 11.0. The summed E-state index contributed by atoms with van der Waals surface area (Å²) in [5.41, 5.74) is 2.32. The fraction of sp³-hybridized carbons (Fsp3) is 0.609. The monoisotopic (exact) mass is 372 g/mol. The first-order valence-corrected chi connectivity index (χ1v) is 10.6. The number of nitrogens with one attached hydrogen (secondary N) is 2. The van der Waals surface area contributed by atoms with Crippen LogP contribution in [0.3, 0.4) is 0 Å². The molecule has 0 aliphatic rings. The number of hydrogen-bond acceptors (Lipinski definition) is 2. The van der Waals surface area contributed by atoms with Crippen molar-refractivity contribution in [1.82, 2.24) is 10.3 Å². The smallest absolute Gasteiger partial charge is 0.220 e. The van der Waals surface area contributed by atoms with E-state index in [1.807, 2.05) is 24.4 Å². The molecule has 1 amide bonds. The molecule has 0 bridgehead atoms. The molecule has 0 radical (unpaired) electrons. The van der Waals surface area contributed by atoms with Crippen LogP contribution in [0.15, 0.2) is 24.4 Å². The average molecular weight is 373 g/mol. The summed E-state index contributed by atoms with van der Waals surface area (Å²) in [6.07, 6.45) is 15.0. The van der Waals surface area contributed by atoms with E-state index < -0.39 is 0 Å². The second kappa shape index (κ2) is 12.4. The van der Waals surface area contributed by atoms with Gasteiger partial charge in [-0.15, -0.1) is 0 Å². The van der Waals surface area contributed by atoms with Crippen LogP contribution in [0, 0.1) is 0 Å².